The van der Waals surface area contributed by atoms with Crippen LogP contribution in [0.15, 0.2) is 64.6 Å². The van der Waals surface area contributed by atoms with Crippen molar-refractivity contribution in [2.24, 2.45) is 0 Å². The summed E-state index contributed by atoms with van der Waals surface area (Å²) in [5, 5.41) is 10.0. The average molecular weight is 282 g/mol. The minimum Gasteiger partial charge on any atom is -0.477 e. The lowest BCUT2D eigenvalue weighted by molar-refractivity contribution is 0.0690. The molecule has 0 radical (unpaired) electrons. The van der Waals surface area contributed by atoms with Gasteiger partial charge in [-0.25, -0.2) is 9.78 Å². The van der Waals surface area contributed by atoms with Gasteiger partial charge in [0, 0.05) is 27.6 Å². The van der Waals surface area contributed by atoms with Crippen molar-refractivity contribution in [1.82, 2.24) is 9.97 Å². The van der Waals surface area contributed by atoms with E-state index in [0.717, 1.165) is 20.7 Å². The van der Waals surface area contributed by atoms with Gasteiger partial charge in [0.15, 0.2) is 0 Å². The summed E-state index contributed by atoms with van der Waals surface area (Å²) in [5.41, 5.74) is 0.971. The summed E-state index contributed by atoms with van der Waals surface area (Å²) in [4.78, 5) is 20.9. The van der Waals surface area contributed by atoms with E-state index in [-0.39, 0.29) is 5.69 Å². The number of carboxylic acids is 1. The molecule has 0 unspecified atom stereocenters. The molecule has 0 bridgehead atoms. The number of carbonyl (C=O) groups is 1. The quantitative estimate of drug-likeness (QED) is 0.796. The topological polar surface area (TPSA) is 63.1 Å². The number of para-hydroxylation sites is 1. The highest BCUT2D eigenvalue weighted by Crippen LogP contribution is 2.32. The maximum atomic E-state index is 10.9. The summed E-state index contributed by atoms with van der Waals surface area (Å²) in [6.45, 7) is 0. The highest BCUT2D eigenvalue weighted by atomic mass is 32.2. The van der Waals surface area contributed by atoms with Crippen LogP contribution >= 0.6 is 11.8 Å². The molecular formula is C15H10N2O2S. The molecule has 0 amide bonds. The molecule has 0 aliphatic heterocycles. The van der Waals surface area contributed by atoms with Crippen LogP contribution in [0.4, 0.5) is 0 Å². The molecule has 0 spiro atoms. The molecule has 0 aliphatic carbocycles. The Morgan fingerprint density at radius 1 is 1.05 bits per heavy atom. The van der Waals surface area contributed by atoms with Gasteiger partial charge in [-0.1, -0.05) is 30.0 Å². The summed E-state index contributed by atoms with van der Waals surface area (Å²) in [6.07, 6.45) is 3.26. The molecule has 0 atom stereocenters. The number of hydrogen-bond acceptors (Lipinski definition) is 4. The minimum atomic E-state index is -1.02. The van der Waals surface area contributed by atoms with E-state index in [1.807, 2.05) is 30.3 Å². The van der Waals surface area contributed by atoms with Gasteiger partial charge < -0.3 is 5.11 Å². The number of benzene rings is 1. The van der Waals surface area contributed by atoms with Gasteiger partial charge in [-0.3, -0.25) is 4.98 Å². The highest BCUT2D eigenvalue weighted by molar-refractivity contribution is 7.99. The third-order valence-corrected chi connectivity index (χ3v) is 3.85. The van der Waals surface area contributed by atoms with Crippen LogP contribution in [0.25, 0.3) is 10.9 Å². The largest absolute Gasteiger partial charge is 0.477 e. The summed E-state index contributed by atoms with van der Waals surface area (Å²) < 4.78 is 0. The maximum absolute atomic E-state index is 10.9. The molecule has 0 fully saturated rings. The van der Waals surface area contributed by atoms with Gasteiger partial charge in [0.25, 0.3) is 0 Å². The van der Waals surface area contributed by atoms with Gasteiger partial charge >= 0.3 is 5.97 Å². The molecule has 5 heteroatoms. The lowest BCUT2D eigenvalue weighted by Crippen LogP contribution is -1.99. The molecule has 2 heterocycles. The zero-order chi connectivity index (χ0) is 13.9. The first-order valence-corrected chi connectivity index (χ1v) is 6.76. The van der Waals surface area contributed by atoms with Crippen molar-refractivity contribution < 1.29 is 9.90 Å². The van der Waals surface area contributed by atoms with Gasteiger partial charge in [-0.2, -0.15) is 0 Å². The SMILES string of the molecule is O=C(O)c1cc(Sc2ccnc3ccccc23)ccn1. The molecule has 0 aliphatic rings. The fraction of sp³-hybridized carbons (Fsp3) is 0. The summed E-state index contributed by atoms with van der Waals surface area (Å²) in [6, 6.07) is 13.2. The van der Waals surface area contributed by atoms with Crippen LogP contribution in [0.5, 0.6) is 0 Å². The number of aromatic carboxylic acids is 1. The number of hydrogen-bond donors (Lipinski definition) is 1. The normalized spacial score (nSPS) is 10.6. The average Bonchev–Trinajstić information content (AvgIpc) is 2.48. The Labute approximate surface area is 119 Å². The fourth-order valence-corrected chi connectivity index (χ4v) is 2.84. The van der Waals surface area contributed by atoms with Crippen LogP contribution in [0.3, 0.4) is 0 Å². The lowest BCUT2D eigenvalue weighted by Gasteiger charge is -2.06. The Bertz CT molecular complexity index is 784. The Morgan fingerprint density at radius 2 is 1.85 bits per heavy atom. The molecule has 0 saturated heterocycles. The fourth-order valence-electron chi connectivity index (χ4n) is 1.88. The first-order valence-electron chi connectivity index (χ1n) is 5.95. The minimum absolute atomic E-state index is 0.0494. The van der Waals surface area contributed by atoms with Crippen LogP contribution in [-0.2, 0) is 0 Å². The molecule has 4 nitrogen and oxygen atoms in total. The predicted octanol–water partition coefficient (Wildman–Crippen LogP) is 3.48. The van der Waals surface area contributed by atoms with E-state index in [2.05, 4.69) is 9.97 Å². The van der Waals surface area contributed by atoms with Gasteiger partial charge in [0.2, 0.25) is 0 Å². The summed E-state index contributed by atoms with van der Waals surface area (Å²) in [5.74, 6) is -1.02. The Kier molecular flexibility index (Phi) is 3.35. The first kappa shape index (κ1) is 12.6. The van der Waals surface area contributed by atoms with Gasteiger partial charge in [-0.05, 0) is 24.3 Å². The molecule has 1 aromatic carbocycles. The zero-order valence-electron chi connectivity index (χ0n) is 10.4. The summed E-state index contributed by atoms with van der Waals surface area (Å²) >= 11 is 1.51. The molecule has 20 heavy (non-hydrogen) atoms. The van der Waals surface area contributed by atoms with E-state index in [9.17, 15) is 4.79 Å². The first-order chi connectivity index (χ1) is 9.74. The van der Waals surface area contributed by atoms with E-state index in [1.165, 1.54) is 18.0 Å². The van der Waals surface area contributed by atoms with Crippen LogP contribution in [-0.4, -0.2) is 21.0 Å². The van der Waals surface area contributed by atoms with Crippen molar-refractivity contribution >= 4 is 28.6 Å². The van der Waals surface area contributed by atoms with Gasteiger partial charge in [0.1, 0.15) is 5.69 Å². The predicted molar refractivity (Wildman–Crippen MR) is 77.1 cm³/mol. The van der Waals surface area contributed by atoms with E-state index in [4.69, 9.17) is 5.11 Å². The molecular weight excluding hydrogens is 272 g/mol. The van der Waals surface area contributed by atoms with Gasteiger partial charge in [0.05, 0.1) is 5.52 Å². The summed E-state index contributed by atoms with van der Waals surface area (Å²) in [7, 11) is 0. The zero-order valence-corrected chi connectivity index (χ0v) is 11.2. The molecule has 3 aromatic rings. The van der Waals surface area contributed by atoms with Crippen molar-refractivity contribution in [3.63, 3.8) is 0 Å². The smallest absolute Gasteiger partial charge is 0.354 e. The lowest BCUT2D eigenvalue weighted by atomic mass is 10.2. The van der Waals surface area contributed by atoms with Crippen LogP contribution in [0.1, 0.15) is 10.5 Å². The molecule has 0 saturated carbocycles. The van der Waals surface area contributed by atoms with Crippen LogP contribution < -0.4 is 0 Å². The van der Waals surface area contributed by atoms with Gasteiger partial charge in [-0.15, -0.1) is 0 Å². The van der Waals surface area contributed by atoms with Crippen molar-refractivity contribution in [1.29, 1.82) is 0 Å². The van der Waals surface area contributed by atoms with E-state index in [0.29, 0.717) is 0 Å². The Balaban J connectivity index is 2.01. The van der Waals surface area contributed by atoms with Crippen molar-refractivity contribution in [3.8, 4) is 0 Å². The monoisotopic (exact) mass is 282 g/mol. The number of pyridine rings is 2. The van der Waals surface area contributed by atoms with Crippen LogP contribution in [0, 0.1) is 0 Å². The van der Waals surface area contributed by atoms with E-state index in [1.54, 1.807) is 18.3 Å². The van der Waals surface area contributed by atoms with Crippen LogP contribution in [0.2, 0.25) is 0 Å². The number of aromatic nitrogens is 2. The third-order valence-electron chi connectivity index (χ3n) is 2.79. The second-order valence-electron chi connectivity index (χ2n) is 4.11. The van der Waals surface area contributed by atoms with Crippen molar-refractivity contribution in [2.45, 2.75) is 9.79 Å². The number of fused-ring (bicyclic) bond motifs is 1. The van der Waals surface area contributed by atoms with E-state index >= 15 is 0 Å². The number of rotatable bonds is 3. The Morgan fingerprint density at radius 3 is 2.70 bits per heavy atom. The van der Waals surface area contributed by atoms with Crippen molar-refractivity contribution in [2.75, 3.05) is 0 Å². The second-order valence-corrected chi connectivity index (χ2v) is 5.23. The number of nitrogens with zero attached hydrogens (tertiary/aromatic N) is 2. The third kappa shape index (κ3) is 2.48. The second kappa shape index (κ2) is 5.30. The maximum Gasteiger partial charge on any atom is 0.354 e. The number of carboxylic acid groups (broad SMARTS) is 1. The standard InChI is InChI=1S/C15H10N2O2S/c18-15(19)13-9-10(5-7-17-13)20-14-6-8-16-12-4-2-1-3-11(12)14/h1-9H,(H,18,19). The molecule has 2 aromatic heterocycles. The molecule has 3 rings (SSSR count). The van der Waals surface area contributed by atoms with Crippen molar-refractivity contribution in [3.05, 3.63) is 60.6 Å². The molecule has 1 N–H and O–H groups in total. The molecule has 98 valence electrons. The Hall–Kier alpha value is -2.40. The van der Waals surface area contributed by atoms with E-state index < -0.39 is 5.97 Å². The highest BCUT2D eigenvalue weighted by Gasteiger charge is 2.08.